The van der Waals surface area contributed by atoms with Crippen molar-refractivity contribution < 1.29 is 4.42 Å². The van der Waals surface area contributed by atoms with Gasteiger partial charge in [0.15, 0.2) is 0 Å². The fraction of sp³-hybridized carbons (Fsp3) is 0.433. The molecule has 172 valence electrons. The van der Waals surface area contributed by atoms with Gasteiger partial charge in [0.1, 0.15) is 11.2 Å². The lowest BCUT2D eigenvalue weighted by Crippen LogP contribution is -2.37. The molecule has 33 heavy (non-hydrogen) atoms. The maximum Gasteiger partial charge on any atom is 0.144 e. The number of para-hydroxylation sites is 1. The zero-order chi connectivity index (χ0) is 23.6. The van der Waals surface area contributed by atoms with Crippen LogP contribution in [0.4, 0.5) is 0 Å². The Morgan fingerprint density at radius 3 is 2.30 bits per heavy atom. The first-order valence-corrected chi connectivity index (χ1v) is 15.8. The Hall–Kier alpha value is -2.39. The van der Waals surface area contributed by atoms with Gasteiger partial charge in [0.2, 0.25) is 0 Å². The largest absolute Gasteiger partial charge is 0.455 e. The van der Waals surface area contributed by atoms with Gasteiger partial charge < -0.3 is 4.42 Å². The van der Waals surface area contributed by atoms with Crippen molar-refractivity contribution in [2.24, 2.45) is 10.8 Å². The molecule has 0 spiro atoms. The van der Waals surface area contributed by atoms with E-state index in [0.29, 0.717) is 16.7 Å². The molecule has 0 N–H and O–H groups in total. The Bertz CT molecular complexity index is 1320. The van der Waals surface area contributed by atoms with Crippen molar-refractivity contribution in [2.75, 3.05) is 0 Å². The number of aromatic nitrogens is 1. The van der Waals surface area contributed by atoms with Crippen LogP contribution < -0.4 is 5.19 Å². The normalized spacial score (nSPS) is 18.8. The van der Waals surface area contributed by atoms with E-state index in [-0.39, 0.29) is 0 Å². The van der Waals surface area contributed by atoms with Crippen LogP contribution in [0.3, 0.4) is 0 Å². The summed E-state index contributed by atoms with van der Waals surface area (Å²) in [5, 5.41) is 3.96. The Balaban J connectivity index is 1.67. The van der Waals surface area contributed by atoms with Crippen molar-refractivity contribution in [1.82, 2.24) is 4.98 Å². The first kappa shape index (κ1) is 22.4. The van der Waals surface area contributed by atoms with Gasteiger partial charge in [-0.1, -0.05) is 71.6 Å². The Labute approximate surface area is 199 Å². The zero-order valence-corrected chi connectivity index (χ0v) is 22.3. The standard InChI is InChI=1S/C30H37NOSi/c1-29(2)17-21(18-30(3,4)19-29)20-14-15-31-24(16-20)22-12-13-26(33(5,6)7)27-23-10-8-9-11-25(23)32-28(22)27/h8-16,21H,17-19H2,1-7H3. The summed E-state index contributed by atoms with van der Waals surface area (Å²) in [7, 11) is -1.55. The molecule has 0 unspecified atom stereocenters. The van der Waals surface area contributed by atoms with E-state index in [4.69, 9.17) is 9.40 Å². The highest BCUT2D eigenvalue weighted by molar-refractivity contribution is 6.90. The van der Waals surface area contributed by atoms with E-state index in [2.05, 4.69) is 95.9 Å². The fourth-order valence-electron chi connectivity index (χ4n) is 6.58. The first-order valence-electron chi connectivity index (χ1n) is 12.3. The lowest BCUT2D eigenvalue weighted by molar-refractivity contribution is 0.0969. The molecule has 1 aliphatic rings. The molecule has 0 amide bonds. The van der Waals surface area contributed by atoms with Gasteiger partial charge in [-0.25, -0.2) is 0 Å². The highest BCUT2D eigenvalue weighted by Crippen LogP contribution is 2.52. The number of pyridine rings is 1. The molecule has 0 atom stereocenters. The molecule has 1 saturated carbocycles. The third-order valence-corrected chi connectivity index (χ3v) is 9.45. The van der Waals surface area contributed by atoms with Gasteiger partial charge in [-0.3, -0.25) is 4.98 Å². The molecule has 1 aliphatic carbocycles. The van der Waals surface area contributed by atoms with Crippen LogP contribution in [-0.2, 0) is 0 Å². The van der Waals surface area contributed by atoms with Crippen molar-refractivity contribution >= 4 is 35.2 Å². The number of nitrogens with zero attached hydrogens (tertiary/aromatic N) is 1. The van der Waals surface area contributed by atoms with E-state index in [1.54, 1.807) is 0 Å². The topological polar surface area (TPSA) is 26.0 Å². The van der Waals surface area contributed by atoms with Crippen LogP contribution >= 0.6 is 0 Å². The molecular weight excluding hydrogens is 418 g/mol. The third kappa shape index (κ3) is 4.16. The van der Waals surface area contributed by atoms with Crippen LogP contribution in [0, 0.1) is 10.8 Å². The minimum Gasteiger partial charge on any atom is -0.455 e. The van der Waals surface area contributed by atoms with Crippen molar-refractivity contribution in [1.29, 1.82) is 0 Å². The average molecular weight is 456 g/mol. The molecule has 5 rings (SSSR count). The smallest absolute Gasteiger partial charge is 0.144 e. The Morgan fingerprint density at radius 1 is 0.909 bits per heavy atom. The molecule has 2 aromatic heterocycles. The van der Waals surface area contributed by atoms with E-state index >= 15 is 0 Å². The average Bonchev–Trinajstić information content (AvgIpc) is 3.10. The first-order chi connectivity index (χ1) is 15.4. The third-order valence-electron chi connectivity index (χ3n) is 7.42. The molecule has 2 aromatic carbocycles. The number of rotatable bonds is 3. The van der Waals surface area contributed by atoms with Crippen LogP contribution in [0.1, 0.15) is 58.4 Å². The van der Waals surface area contributed by atoms with Gasteiger partial charge in [0.05, 0.1) is 13.8 Å². The van der Waals surface area contributed by atoms with Crippen molar-refractivity contribution in [3.05, 3.63) is 60.3 Å². The molecule has 0 aliphatic heterocycles. The lowest BCUT2D eigenvalue weighted by atomic mass is 9.60. The van der Waals surface area contributed by atoms with Crippen molar-refractivity contribution in [3.63, 3.8) is 0 Å². The molecule has 2 heterocycles. The highest BCUT2D eigenvalue weighted by atomic mass is 28.3. The molecular formula is C30H37NOSi. The van der Waals surface area contributed by atoms with Crippen LogP contribution in [0.5, 0.6) is 0 Å². The Morgan fingerprint density at radius 2 is 1.61 bits per heavy atom. The van der Waals surface area contributed by atoms with Crippen molar-refractivity contribution in [2.45, 2.75) is 72.5 Å². The van der Waals surface area contributed by atoms with E-state index < -0.39 is 8.07 Å². The predicted octanol–water partition coefficient (Wildman–Crippen LogP) is 8.51. The second-order valence-corrected chi connectivity index (χ2v) is 17.8. The summed E-state index contributed by atoms with van der Waals surface area (Å²) in [6, 6.07) is 17.6. The minimum absolute atomic E-state index is 0.362. The summed E-state index contributed by atoms with van der Waals surface area (Å²) >= 11 is 0. The van der Waals surface area contributed by atoms with Crippen LogP contribution in [0.2, 0.25) is 19.6 Å². The van der Waals surface area contributed by atoms with Gasteiger partial charge in [-0.2, -0.15) is 0 Å². The quantitative estimate of drug-likeness (QED) is 0.289. The number of hydrogen-bond acceptors (Lipinski definition) is 2. The van der Waals surface area contributed by atoms with E-state index in [1.807, 2.05) is 6.20 Å². The molecule has 1 fully saturated rings. The van der Waals surface area contributed by atoms with E-state index in [1.165, 1.54) is 40.8 Å². The van der Waals surface area contributed by atoms with E-state index in [0.717, 1.165) is 22.4 Å². The molecule has 4 aromatic rings. The lowest BCUT2D eigenvalue weighted by Gasteiger charge is -2.45. The number of hydrogen-bond donors (Lipinski definition) is 0. The second-order valence-electron chi connectivity index (χ2n) is 12.8. The van der Waals surface area contributed by atoms with E-state index in [9.17, 15) is 0 Å². The van der Waals surface area contributed by atoms with Crippen LogP contribution in [0.25, 0.3) is 33.2 Å². The van der Waals surface area contributed by atoms with Crippen LogP contribution in [-0.4, -0.2) is 13.1 Å². The number of fused-ring (bicyclic) bond motifs is 3. The minimum atomic E-state index is -1.55. The van der Waals surface area contributed by atoms with Gasteiger partial charge in [0, 0.05) is 22.5 Å². The maximum absolute atomic E-state index is 6.51. The predicted molar refractivity (Wildman–Crippen MR) is 144 cm³/mol. The Kier molecular flexibility index (Phi) is 5.13. The van der Waals surface area contributed by atoms with Gasteiger partial charge in [-0.05, 0) is 71.0 Å². The monoisotopic (exact) mass is 455 g/mol. The molecule has 0 radical (unpaired) electrons. The molecule has 0 saturated heterocycles. The summed E-state index contributed by atoms with van der Waals surface area (Å²) in [5.74, 6) is 0.568. The SMILES string of the molecule is CC1(C)CC(c2ccnc(-c3ccc([Si](C)(C)C)c4c3oc3ccccc34)c2)CC(C)(C)C1. The number of benzene rings is 2. The molecule has 2 nitrogen and oxygen atoms in total. The summed E-state index contributed by atoms with van der Waals surface area (Å²) < 4.78 is 6.51. The fourth-order valence-corrected chi connectivity index (χ4v) is 8.17. The maximum atomic E-state index is 6.51. The molecule has 3 heteroatoms. The van der Waals surface area contributed by atoms with Gasteiger partial charge in [-0.15, -0.1) is 0 Å². The summed E-state index contributed by atoms with van der Waals surface area (Å²) in [6.45, 7) is 16.9. The highest BCUT2D eigenvalue weighted by Gasteiger charge is 2.39. The van der Waals surface area contributed by atoms with Gasteiger partial charge in [0.25, 0.3) is 0 Å². The van der Waals surface area contributed by atoms with Crippen LogP contribution in [0.15, 0.2) is 59.1 Å². The zero-order valence-electron chi connectivity index (χ0n) is 21.3. The summed E-state index contributed by atoms with van der Waals surface area (Å²) in [6.07, 6.45) is 5.75. The number of furan rings is 1. The second kappa shape index (κ2) is 7.56. The summed E-state index contributed by atoms with van der Waals surface area (Å²) in [5.41, 5.74) is 6.23. The van der Waals surface area contributed by atoms with Crippen molar-refractivity contribution in [3.8, 4) is 11.3 Å². The van der Waals surface area contributed by atoms with Gasteiger partial charge >= 0.3 is 0 Å². The summed E-state index contributed by atoms with van der Waals surface area (Å²) in [4.78, 5) is 4.84. The molecule has 0 bridgehead atoms.